The van der Waals surface area contributed by atoms with E-state index in [2.05, 4.69) is 4.90 Å². The highest BCUT2D eigenvalue weighted by Crippen LogP contribution is 2.19. The van der Waals surface area contributed by atoms with Crippen LogP contribution in [-0.4, -0.2) is 40.7 Å². The van der Waals surface area contributed by atoms with Gasteiger partial charge in [-0.15, -0.1) is 0 Å². The van der Waals surface area contributed by atoms with Gasteiger partial charge in [-0.2, -0.15) is 0 Å². The van der Waals surface area contributed by atoms with Gasteiger partial charge in [0.1, 0.15) is 0 Å². The van der Waals surface area contributed by atoms with E-state index >= 15 is 0 Å². The number of aliphatic hydroxyl groups excluding tert-OH is 1. The lowest BCUT2D eigenvalue weighted by molar-refractivity contribution is 0.122. The first kappa shape index (κ1) is 11.9. The normalized spacial score (nSPS) is 23.6. The zero-order valence-electron chi connectivity index (χ0n) is 8.61. The standard InChI is InChI=1S/C10H20N2OS/c11-10(14)4-7-12-6-2-1-3-9(12)5-8-13/h9,13H,1-8H2,(H2,11,14). The molecule has 3 N–H and O–H groups in total. The van der Waals surface area contributed by atoms with Gasteiger partial charge in [0.2, 0.25) is 0 Å². The molecular formula is C10H20N2OS. The van der Waals surface area contributed by atoms with Crippen molar-refractivity contribution >= 4 is 17.2 Å². The first-order valence-corrected chi connectivity index (χ1v) is 5.78. The Kier molecular flexibility index (Phi) is 5.37. The average molecular weight is 216 g/mol. The lowest BCUT2D eigenvalue weighted by Gasteiger charge is -2.35. The molecule has 1 aliphatic heterocycles. The molecular weight excluding hydrogens is 196 g/mol. The second-order valence-corrected chi connectivity index (χ2v) is 4.44. The fraction of sp³-hybridized carbons (Fsp3) is 0.900. The summed E-state index contributed by atoms with van der Waals surface area (Å²) < 4.78 is 0. The summed E-state index contributed by atoms with van der Waals surface area (Å²) in [5.41, 5.74) is 5.48. The maximum absolute atomic E-state index is 8.94. The van der Waals surface area contributed by atoms with Gasteiger partial charge in [-0.3, -0.25) is 4.90 Å². The van der Waals surface area contributed by atoms with Crippen molar-refractivity contribution in [2.24, 2.45) is 5.73 Å². The van der Waals surface area contributed by atoms with E-state index in [-0.39, 0.29) is 6.61 Å². The third kappa shape index (κ3) is 3.90. The summed E-state index contributed by atoms with van der Waals surface area (Å²) in [6.07, 6.45) is 5.44. The molecule has 0 radical (unpaired) electrons. The van der Waals surface area contributed by atoms with Gasteiger partial charge in [-0.1, -0.05) is 18.6 Å². The van der Waals surface area contributed by atoms with Gasteiger partial charge in [0, 0.05) is 25.6 Å². The van der Waals surface area contributed by atoms with Crippen LogP contribution in [-0.2, 0) is 0 Å². The van der Waals surface area contributed by atoms with Crippen molar-refractivity contribution in [3.05, 3.63) is 0 Å². The van der Waals surface area contributed by atoms with Crippen LogP contribution in [0.3, 0.4) is 0 Å². The Morgan fingerprint density at radius 1 is 1.50 bits per heavy atom. The van der Waals surface area contributed by atoms with Crippen LogP contribution >= 0.6 is 12.2 Å². The highest BCUT2D eigenvalue weighted by Gasteiger charge is 2.21. The number of piperidine rings is 1. The Morgan fingerprint density at radius 2 is 2.29 bits per heavy atom. The van der Waals surface area contributed by atoms with E-state index in [9.17, 15) is 0 Å². The van der Waals surface area contributed by atoms with Crippen LogP contribution in [0.25, 0.3) is 0 Å². The smallest absolute Gasteiger partial charge is 0.0740 e. The van der Waals surface area contributed by atoms with Crippen LogP contribution in [0.15, 0.2) is 0 Å². The maximum Gasteiger partial charge on any atom is 0.0740 e. The van der Waals surface area contributed by atoms with Crippen molar-refractivity contribution in [3.8, 4) is 0 Å². The molecule has 1 unspecified atom stereocenters. The number of thiocarbonyl (C=S) groups is 1. The minimum Gasteiger partial charge on any atom is -0.396 e. The molecule has 0 aromatic carbocycles. The van der Waals surface area contributed by atoms with Crippen molar-refractivity contribution in [2.45, 2.75) is 38.1 Å². The average Bonchev–Trinajstić information content (AvgIpc) is 2.17. The summed E-state index contributed by atoms with van der Waals surface area (Å²) in [5, 5.41) is 8.94. The number of hydrogen-bond donors (Lipinski definition) is 2. The monoisotopic (exact) mass is 216 g/mol. The Balaban J connectivity index is 2.33. The number of likely N-dealkylation sites (tertiary alicyclic amines) is 1. The van der Waals surface area contributed by atoms with Gasteiger partial charge in [-0.25, -0.2) is 0 Å². The molecule has 14 heavy (non-hydrogen) atoms. The molecule has 4 heteroatoms. The van der Waals surface area contributed by atoms with Gasteiger partial charge in [0.05, 0.1) is 4.99 Å². The molecule has 0 aromatic heterocycles. The molecule has 1 rings (SSSR count). The van der Waals surface area contributed by atoms with E-state index in [1.165, 1.54) is 19.3 Å². The first-order chi connectivity index (χ1) is 6.74. The number of hydrogen-bond acceptors (Lipinski definition) is 3. The minimum atomic E-state index is 0.286. The molecule has 0 aliphatic carbocycles. The van der Waals surface area contributed by atoms with Gasteiger partial charge >= 0.3 is 0 Å². The van der Waals surface area contributed by atoms with Crippen LogP contribution in [0.2, 0.25) is 0 Å². The summed E-state index contributed by atoms with van der Waals surface area (Å²) in [6, 6.07) is 0.545. The third-order valence-corrected chi connectivity index (χ3v) is 3.06. The molecule has 1 atom stereocenters. The van der Waals surface area contributed by atoms with Crippen molar-refractivity contribution < 1.29 is 5.11 Å². The molecule has 1 saturated heterocycles. The van der Waals surface area contributed by atoms with Crippen molar-refractivity contribution in [3.63, 3.8) is 0 Å². The third-order valence-electron chi connectivity index (χ3n) is 2.86. The largest absolute Gasteiger partial charge is 0.396 e. The van der Waals surface area contributed by atoms with E-state index in [1.54, 1.807) is 0 Å². The Hall–Kier alpha value is -0.190. The van der Waals surface area contributed by atoms with Crippen molar-refractivity contribution in [2.75, 3.05) is 19.7 Å². The van der Waals surface area contributed by atoms with E-state index in [0.29, 0.717) is 11.0 Å². The molecule has 0 bridgehead atoms. The quantitative estimate of drug-likeness (QED) is 0.670. The Labute approximate surface area is 91.3 Å². The van der Waals surface area contributed by atoms with Gasteiger partial charge in [0.25, 0.3) is 0 Å². The Bertz CT molecular complexity index is 185. The number of nitrogens with two attached hydrogens (primary N) is 1. The molecule has 3 nitrogen and oxygen atoms in total. The predicted molar refractivity (Wildman–Crippen MR) is 62.3 cm³/mol. The topological polar surface area (TPSA) is 49.5 Å². The van der Waals surface area contributed by atoms with Gasteiger partial charge in [-0.05, 0) is 25.8 Å². The Morgan fingerprint density at radius 3 is 2.93 bits per heavy atom. The molecule has 1 heterocycles. The summed E-state index contributed by atoms with van der Waals surface area (Å²) in [7, 11) is 0. The van der Waals surface area contributed by atoms with E-state index in [1.807, 2.05) is 0 Å². The SMILES string of the molecule is NC(=S)CCN1CCCCC1CCO. The fourth-order valence-corrected chi connectivity index (χ4v) is 2.18. The number of aliphatic hydroxyl groups is 1. The van der Waals surface area contributed by atoms with Crippen LogP contribution in [0, 0.1) is 0 Å². The van der Waals surface area contributed by atoms with Crippen molar-refractivity contribution in [1.82, 2.24) is 4.90 Å². The zero-order valence-corrected chi connectivity index (χ0v) is 9.43. The van der Waals surface area contributed by atoms with Crippen LogP contribution < -0.4 is 5.73 Å². The van der Waals surface area contributed by atoms with E-state index < -0.39 is 0 Å². The highest BCUT2D eigenvalue weighted by molar-refractivity contribution is 7.80. The molecule has 1 aliphatic rings. The van der Waals surface area contributed by atoms with Crippen LogP contribution in [0.1, 0.15) is 32.1 Å². The number of rotatable bonds is 5. The maximum atomic E-state index is 8.94. The van der Waals surface area contributed by atoms with Crippen LogP contribution in [0.5, 0.6) is 0 Å². The summed E-state index contributed by atoms with van der Waals surface area (Å²) >= 11 is 4.87. The highest BCUT2D eigenvalue weighted by atomic mass is 32.1. The van der Waals surface area contributed by atoms with Crippen LogP contribution in [0.4, 0.5) is 0 Å². The summed E-state index contributed by atoms with van der Waals surface area (Å²) in [6.45, 7) is 2.38. The molecule has 0 aromatic rings. The predicted octanol–water partition coefficient (Wildman–Crippen LogP) is 0.899. The first-order valence-electron chi connectivity index (χ1n) is 5.37. The summed E-state index contributed by atoms with van der Waals surface area (Å²) in [4.78, 5) is 3.01. The molecule has 1 fully saturated rings. The second-order valence-electron chi connectivity index (χ2n) is 3.91. The molecule has 0 saturated carbocycles. The molecule has 0 spiro atoms. The second kappa shape index (κ2) is 6.32. The van der Waals surface area contributed by atoms with Gasteiger partial charge in [0.15, 0.2) is 0 Å². The molecule has 0 amide bonds. The molecule has 82 valence electrons. The summed E-state index contributed by atoms with van der Waals surface area (Å²) in [5.74, 6) is 0. The fourth-order valence-electron chi connectivity index (χ4n) is 2.08. The van der Waals surface area contributed by atoms with Crippen molar-refractivity contribution in [1.29, 1.82) is 0 Å². The van der Waals surface area contributed by atoms with E-state index in [0.717, 1.165) is 25.9 Å². The number of nitrogens with zero attached hydrogens (tertiary/aromatic N) is 1. The lowest BCUT2D eigenvalue weighted by atomic mass is 9.99. The zero-order chi connectivity index (χ0) is 10.4. The van der Waals surface area contributed by atoms with Gasteiger partial charge < -0.3 is 10.8 Å². The minimum absolute atomic E-state index is 0.286. The lowest BCUT2D eigenvalue weighted by Crippen LogP contribution is -2.41. The van der Waals surface area contributed by atoms with E-state index in [4.69, 9.17) is 23.1 Å².